The van der Waals surface area contributed by atoms with E-state index in [1.54, 1.807) is 0 Å². The van der Waals surface area contributed by atoms with Crippen molar-refractivity contribution in [1.82, 2.24) is 0 Å². The Morgan fingerprint density at radius 2 is 1.75 bits per heavy atom. The molecule has 2 nitrogen and oxygen atoms in total. The number of rotatable bonds is 3. The molecular weight excluding hydrogens is 148 g/mol. The van der Waals surface area contributed by atoms with Crippen molar-refractivity contribution in [2.45, 2.75) is 40.0 Å². The number of hydrogen-bond acceptors (Lipinski definition) is 2. The van der Waals surface area contributed by atoms with Gasteiger partial charge in [0.15, 0.2) is 0 Å². The molecule has 0 rings (SSSR count). The highest BCUT2D eigenvalue weighted by Gasteiger charge is 2.23. The maximum absolute atomic E-state index is 8.57. The standard InChI is InChI=1S/C10H16N2/c1-10(2,3)9(6-8-12)5-4-7-11/h9H,4-6H2,1-3H3. The first-order chi connectivity index (χ1) is 5.52. The normalized spacial score (nSPS) is 13.1. The van der Waals surface area contributed by atoms with Crippen LogP contribution in [0, 0.1) is 34.0 Å². The second-order valence-electron chi connectivity index (χ2n) is 4.12. The third-order valence-electron chi connectivity index (χ3n) is 2.17. The maximum Gasteiger partial charge on any atom is 0.0624 e. The van der Waals surface area contributed by atoms with Crippen LogP contribution in [0.15, 0.2) is 0 Å². The highest BCUT2D eigenvalue weighted by Crippen LogP contribution is 2.31. The second kappa shape index (κ2) is 4.78. The van der Waals surface area contributed by atoms with Gasteiger partial charge in [0.2, 0.25) is 0 Å². The SMILES string of the molecule is CC(C)(C)C(CC#N)CCC#N. The van der Waals surface area contributed by atoms with Gasteiger partial charge in [0.25, 0.3) is 0 Å². The Hall–Kier alpha value is -1.02. The first-order valence-electron chi connectivity index (χ1n) is 4.26. The molecule has 1 unspecified atom stereocenters. The zero-order valence-corrected chi connectivity index (χ0v) is 8.09. The van der Waals surface area contributed by atoms with Crippen LogP contribution in [0.1, 0.15) is 40.0 Å². The Morgan fingerprint density at radius 3 is 2.08 bits per heavy atom. The minimum absolute atomic E-state index is 0.145. The van der Waals surface area contributed by atoms with Gasteiger partial charge >= 0.3 is 0 Å². The van der Waals surface area contributed by atoms with Crippen molar-refractivity contribution in [3.63, 3.8) is 0 Å². The lowest BCUT2D eigenvalue weighted by atomic mass is 9.76. The summed E-state index contributed by atoms with van der Waals surface area (Å²) in [6.07, 6.45) is 1.96. The summed E-state index contributed by atoms with van der Waals surface area (Å²) >= 11 is 0. The summed E-state index contributed by atoms with van der Waals surface area (Å²) in [5.41, 5.74) is 0.145. The van der Waals surface area contributed by atoms with Gasteiger partial charge in [-0.25, -0.2) is 0 Å². The number of nitrogens with zero attached hydrogens (tertiary/aromatic N) is 2. The van der Waals surface area contributed by atoms with Crippen molar-refractivity contribution in [1.29, 1.82) is 10.5 Å². The van der Waals surface area contributed by atoms with Crippen LogP contribution in [0.3, 0.4) is 0 Å². The lowest BCUT2D eigenvalue weighted by Crippen LogP contribution is -2.19. The van der Waals surface area contributed by atoms with Crippen LogP contribution in [-0.2, 0) is 0 Å². The first kappa shape index (κ1) is 11.0. The Labute approximate surface area is 74.8 Å². The Morgan fingerprint density at radius 1 is 1.17 bits per heavy atom. The van der Waals surface area contributed by atoms with Crippen molar-refractivity contribution in [2.75, 3.05) is 0 Å². The lowest BCUT2D eigenvalue weighted by molar-refractivity contribution is 0.232. The van der Waals surface area contributed by atoms with Gasteiger partial charge in [-0.05, 0) is 17.8 Å². The highest BCUT2D eigenvalue weighted by atomic mass is 14.3. The van der Waals surface area contributed by atoms with Crippen LogP contribution < -0.4 is 0 Å². The number of hydrogen-bond donors (Lipinski definition) is 0. The summed E-state index contributed by atoms with van der Waals surface area (Å²) in [4.78, 5) is 0. The van der Waals surface area contributed by atoms with E-state index in [0.717, 1.165) is 6.42 Å². The van der Waals surface area contributed by atoms with E-state index in [2.05, 4.69) is 32.9 Å². The molecule has 0 saturated heterocycles. The molecule has 0 aliphatic carbocycles. The molecule has 0 aliphatic rings. The van der Waals surface area contributed by atoms with Crippen LogP contribution in [-0.4, -0.2) is 0 Å². The van der Waals surface area contributed by atoms with Gasteiger partial charge in [-0.3, -0.25) is 0 Å². The fourth-order valence-corrected chi connectivity index (χ4v) is 1.19. The van der Waals surface area contributed by atoms with E-state index in [4.69, 9.17) is 10.5 Å². The van der Waals surface area contributed by atoms with E-state index in [1.807, 2.05) is 0 Å². The monoisotopic (exact) mass is 164 g/mol. The largest absolute Gasteiger partial charge is 0.198 e. The first-order valence-corrected chi connectivity index (χ1v) is 4.26. The van der Waals surface area contributed by atoms with Gasteiger partial charge in [0.1, 0.15) is 0 Å². The Kier molecular flexibility index (Phi) is 4.37. The summed E-state index contributed by atoms with van der Waals surface area (Å²) in [7, 11) is 0. The van der Waals surface area contributed by atoms with Gasteiger partial charge in [0.05, 0.1) is 12.1 Å². The summed E-state index contributed by atoms with van der Waals surface area (Å²) in [6.45, 7) is 6.35. The van der Waals surface area contributed by atoms with Gasteiger partial charge in [-0.2, -0.15) is 10.5 Å². The van der Waals surface area contributed by atoms with Crippen molar-refractivity contribution in [3.8, 4) is 12.1 Å². The van der Waals surface area contributed by atoms with Gasteiger partial charge in [0, 0.05) is 12.8 Å². The topological polar surface area (TPSA) is 47.6 Å². The predicted molar refractivity (Wildman–Crippen MR) is 48.0 cm³/mol. The second-order valence-corrected chi connectivity index (χ2v) is 4.12. The molecular formula is C10H16N2. The van der Waals surface area contributed by atoms with Crippen molar-refractivity contribution in [3.05, 3.63) is 0 Å². The van der Waals surface area contributed by atoms with Crippen LogP contribution >= 0.6 is 0 Å². The van der Waals surface area contributed by atoms with Crippen molar-refractivity contribution < 1.29 is 0 Å². The molecule has 0 fully saturated rings. The Balaban J connectivity index is 4.08. The van der Waals surface area contributed by atoms with Crippen LogP contribution in [0.4, 0.5) is 0 Å². The molecule has 0 spiro atoms. The van der Waals surface area contributed by atoms with E-state index in [9.17, 15) is 0 Å². The molecule has 12 heavy (non-hydrogen) atoms. The summed E-state index contributed by atoms with van der Waals surface area (Å²) < 4.78 is 0. The highest BCUT2D eigenvalue weighted by molar-refractivity contribution is 4.85. The molecule has 0 aromatic rings. The summed E-state index contributed by atoms with van der Waals surface area (Å²) in [5, 5.41) is 17.0. The zero-order chi connectivity index (χ0) is 9.61. The molecule has 0 heterocycles. The molecule has 0 N–H and O–H groups in total. The zero-order valence-electron chi connectivity index (χ0n) is 8.09. The Bertz CT molecular complexity index is 199. The molecule has 0 aromatic heterocycles. The summed E-state index contributed by atoms with van der Waals surface area (Å²) in [5.74, 6) is 0.349. The van der Waals surface area contributed by atoms with Crippen molar-refractivity contribution >= 4 is 0 Å². The molecule has 0 amide bonds. The average molecular weight is 164 g/mol. The molecule has 2 heteroatoms. The van der Waals surface area contributed by atoms with Gasteiger partial charge in [-0.15, -0.1) is 0 Å². The van der Waals surface area contributed by atoms with E-state index < -0.39 is 0 Å². The third kappa shape index (κ3) is 3.98. The van der Waals surface area contributed by atoms with E-state index >= 15 is 0 Å². The molecule has 0 aliphatic heterocycles. The smallest absolute Gasteiger partial charge is 0.0624 e. The third-order valence-corrected chi connectivity index (χ3v) is 2.17. The molecule has 0 bridgehead atoms. The fraction of sp³-hybridized carbons (Fsp3) is 0.800. The summed E-state index contributed by atoms with van der Waals surface area (Å²) in [6, 6.07) is 4.29. The maximum atomic E-state index is 8.57. The fourth-order valence-electron chi connectivity index (χ4n) is 1.19. The minimum atomic E-state index is 0.145. The number of nitriles is 2. The van der Waals surface area contributed by atoms with Crippen molar-refractivity contribution in [2.24, 2.45) is 11.3 Å². The molecule has 0 radical (unpaired) electrons. The molecule has 0 saturated carbocycles. The van der Waals surface area contributed by atoms with Gasteiger partial charge in [-0.1, -0.05) is 20.8 Å². The quantitative estimate of drug-likeness (QED) is 0.644. The molecule has 0 aromatic carbocycles. The van der Waals surface area contributed by atoms with Crippen LogP contribution in [0.5, 0.6) is 0 Å². The minimum Gasteiger partial charge on any atom is -0.198 e. The average Bonchev–Trinajstić information content (AvgIpc) is 1.95. The van der Waals surface area contributed by atoms with Gasteiger partial charge < -0.3 is 0 Å². The lowest BCUT2D eigenvalue weighted by Gasteiger charge is -2.27. The van der Waals surface area contributed by atoms with E-state index in [0.29, 0.717) is 18.8 Å². The van der Waals surface area contributed by atoms with Crippen LogP contribution in [0.2, 0.25) is 0 Å². The predicted octanol–water partition coefficient (Wildman–Crippen LogP) is 2.87. The van der Waals surface area contributed by atoms with E-state index in [-0.39, 0.29) is 5.41 Å². The molecule has 66 valence electrons. The molecule has 1 atom stereocenters. The van der Waals surface area contributed by atoms with E-state index in [1.165, 1.54) is 0 Å². The van der Waals surface area contributed by atoms with Crippen LogP contribution in [0.25, 0.3) is 0 Å².